The van der Waals surface area contributed by atoms with Crippen molar-refractivity contribution in [3.63, 3.8) is 0 Å². The first kappa shape index (κ1) is 17.5. The molecule has 0 bridgehead atoms. The molecule has 0 saturated carbocycles. The number of amides is 1. The molecule has 2 aromatic rings. The highest BCUT2D eigenvalue weighted by Crippen LogP contribution is 2.42. The van der Waals surface area contributed by atoms with E-state index in [0.717, 1.165) is 11.1 Å². The van der Waals surface area contributed by atoms with E-state index in [2.05, 4.69) is 5.32 Å². The molecule has 1 amide bonds. The number of ether oxygens (including phenoxy) is 1. The number of allylic oxidation sites excluding steroid dienone is 2. The SMILES string of the molecule is COc1cccc([C@@H]2CC(=O)NC3=C2C(=O)C[C@@H](c2ccc(F)cc2)C3)c1. The molecule has 2 aliphatic rings. The van der Waals surface area contributed by atoms with E-state index in [4.69, 9.17) is 4.74 Å². The summed E-state index contributed by atoms with van der Waals surface area (Å²) in [6, 6.07) is 13.8. The monoisotopic (exact) mass is 365 g/mol. The van der Waals surface area contributed by atoms with Gasteiger partial charge < -0.3 is 10.1 Å². The van der Waals surface area contributed by atoms with E-state index in [9.17, 15) is 14.0 Å². The molecule has 0 aromatic heterocycles. The summed E-state index contributed by atoms with van der Waals surface area (Å²) in [7, 11) is 1.59. The first-order valence-electron chi connectivity index (χ1n) is 9.00. The first-order valence-corrected chi connectivity index (χ1v) is 9.00. The lowest BCUT2D eigenvalue weighted by Crippen LogP contribution is -2.38. The molecule has 0 fully saturated rings. The Bertz CT molecular complexity index is 933. The summed E-state index contributed by atoms with van der Waals surface area (Å²) < 4.78 is 18.5. The smallest absolute Gasteiger partial charge is 0.225 e. The molecule has 1 N–H and O–H groups in total. The van der Waals surface area contributed by atoms with Crippen LogP contribution in [-0.2, 0) is 9.59 Å². The molecular weight excluding hydrogens is 345 g/mol. The molecule has 1 heterocycles. The van der Waals surface area contributed by atoms with E-state index in [1.165, 1.54) is 12.1 Å². The number of methoxy groups -OCH3 is 1. The number of nitrogens with one attached hydrogen (secondary N) is 1. The number of hydrogen-bond acceptors (Lipinski definition) is 3. The van der Waals surface area contributed by atoms with Gasteiger partial charge in [-0.05, 0) is 47.7 Å². The summed E-state index contributed by atoms with van der Waals surface area (Å²) in [6.45, 7) is 0. The standard InChI is InChI=1S/C22H20FNO3/c1-27-17-4-2-3-14(9-17)18-12-21(26)24-19-10-15(11-20(25)22(18)19)13-5-7-16(23)8-6-13/h2-9,15,18H,10-12H2,1H3,(H,24,26)/t15-,18-/m0/s1. The molecule has 4 rings (SSSR count). The van der Waals surface area contributed by atoms with Crippen LogP contribution in [0.1, 0.15) is 42.2 Å². The van der Waals surface area contributed by atoms with Crippen LogP contribution in [0.15, 0.2) is 59.8 Å². The van der Waals surface area contributed by atoms with Gasteiger partial charge in [-0.25, -0.2) is 4.39 Å². The zero-order chi connectivity index (χ0) is 19.0. The Morgan fingerprint density at radius 3 is 2.52 bits per heavy atom. The number of carbonyl (C=O) groups excluding carboxylic acids is 2. The van der Waals surface area contributed by atoms with Crippen LogP contribution in [0, 0.1) is 5.82 Å². The Morgan fingerprint density at radius 1 is 1.00 bits per heavy atom. The predicted octanol–water partition coefficient (Wildman–Crippen LogP) is 3.84. The van der Waals surface area contributed by atoms with Crippen LogP contribution in [0.4, 0.5) is 4.39 Å². The van der Waals surface area contributed by atoms with Gasteiger partial charge in [0.2, 0.25) is 5.91 Å². The number of Topliss-reactive ketones (excluding diaryl/α,β-unsaturated/α-hetero) is 1. The third-order valence-electron chi connectivity index (χ3n) is 5.37. The molecule has 0 saturated heterocycles. The van der Waals surface area contributed by atoms with E-state index in [-0.39, 0.29) is 35.8 Å². The van der Waals surface area contributed by atoms with Gasteiger partial charge in [-0.2, -0.15) is 0 Å². The molecule has 2 aromatic carbocycles. The number of benzene rings is 2. The van der Waals surface area contributed by atoms with Crippen molar-refractivity contribution in [1.29, 1.82) is 0 Å². The summed E-state index contributed by atoms with van der Waals surface area (Å²) in [5, 5.41) is 2.90. The molecule has 5 heteroatoms. The normalized spacial score (nSPS) is 22.3. The molecule has 2 atom stereocenters. The molecule has 1 aliphatic heterocycles. The van der Waals surface area contributed by atoms with Gasteiger partial charge in [0, 0.05) is 30.0 Å². The molecule has 0 radical (unpaired) electrons. The van der Waals surface area contributed by atoms with Gasteiger partial charge in [0.1, 0.15) is 11.6 Å². The Kier molecular flexibility index (Phi) is 4.52. The molecule has 0 spiro atoms. The Morgan fingerprint density at radius 2 is 1.78 bits per heavy atom. The lowest BCUT2D eigenvalue weighted by Gasteiger charge is -2.34. The molecule has 0 unspecified atom stereocenters. The molecule has 4 nitrogen and oxygen atoms in total. The number of rotatable bonds is 3. The zero-order valence-electron chi connectivity index (χ0n) is 15.0. The Balaban J connectivity index is 1.70. The van der Waals surface area contributed by atoms with Crippen LogP contribution in [0.3, 0.4) is 0 Å². The van der Waals surface area contributed by atoms with Gasteiger partial charge in [-0.3, -0.25) is 9.59 Å². The van der Waals surface area contributed by atoms with E-state index in [1.54, 1.807) is 19.2 Å². The first-order chi connectivity index (χ1) is 13.0. The van der Waals surface area contributed by atoms with Crippen LogP contribution < -0.4 is 10.1 Å². The highest BCUT2D eigenvalue weighted by Gasteiger charge is 2.38. The lowest BCUT2D eigenvalue weighted by molar-refractivity contribution is -0.122. The summed E-state index contributed by atoms with van der Waals surface area (Å²) in [5.41, 5.74) is 3.21. The van der Waals surface area contributed by atoms with Gasteiger partial charge in [0.05, 0.1) is 7.11 Å². The van der Waals surface area contributed by atoms with Crippen LogP contribution in [0.25, 0.3) is 0 Å². The Labute approximate surface area is 157 Å². The fourth-order valence-corrected chi connectivity index (χ4v) is 4.07. The van der Waals surface area contributed by atoms with Crippen molar-refractivity contribution >= 4 is 11.7 Å². The fraction of sp³-hybridized carbons (Fsp3) is 0.273. The van der Waals surface area contributed by atoms with Gasteiger partial charge in [0.15, 0.2) is 5.78 Å². The van der Waals surface area contributed by atoms with E-state index < -0.39 is 0 Å². The second kappa shape index (κ2) is 6.99. The summed E-state index contributed by atoms with van der Waals surface area (Å²) in [4.78, 5) is 25.3. The minimum Gasteiger partial charge on any atom is -0.497 e. The van der Waals surface area contributed by atoms with Crippen LogP contribution in [0.5, 0.6) is 5.75 Å². The predicted molar refractivity (Wildman–Crippen MR) is 98.9 cm³/mol. The third kappa shape index (κ3) is 3.37. The maximum absolute atomic E-state index is 13.2. The average Bonchev–Trinajstić information content (AvgIpc) is 2.67. The second-order valence-corrected chi connectivity index (χ2v) is 7.05. The average molecular weight is 365 g/mol. The van der Waals surface area contributed by atoms with Crippen molar-refractivity contribution in [1.82, 2.24) is 5.32 Å². The van der Waals surface area contributed by atoms with Crippen molar-refractivity contribution in [3.8, 4) is 5.75 Å². The fourth-order valence-electron chi connectivity index (χ4n) is 4.07. The van der Waals surface area contributed by atoms with Crippen molar-refractivity contribution in [2.45, 2.75) is 31.1 Å². The number of hydrogen-bond donors (Lipinski definition) is 1. The quantitative estimate of drug-likeness (QED) is 0.899. The zero-order valence-corrected chi connectivity index (χ0v) is 15.0. The van der Waals surface area contributed by atoms with E-state index >= 15 is 0 Å². The van der Waals surface area contributed by atoms with E-state index in [0.29, 0.717) is 29.9 Å². The van der Waals surface area contributed by atoms with Gasteiger partial charge >= 0.3 is 0 Å². The molecule has 138 valence electrons. The Hall–Kier alpha value is -2.95. The maximum atomic E-state index is 13.2. The van der Waals surface area contributed by atoms with Gasteiger partial charge in [-0.1, -0.05) is 24.3 Å². The molecular formula is C22H20FNO3. The maximum Gasteiger partial charge on any atom is 0.225 e. The molecule has 27 heavy (non-hydrogen) atoms. The van der Waals surface area contributed by atoms with E-state index in [1.807, 2.05) is 24.3 Å². The largest absolute Gasteiger partial charge is 0.497 e. The minimum atomic E-state index is -0.301. The lowest BCUT2D eigenvalue weighted by atomic mass is 9.73. The summed E-state index contributed by atoms with van der Waals surface area (Å²) >= 11 is 0. The third-order valence-corrected chi connectivity index (χ3v) is 5.37. The highest BCUT2D eigenvalue weighted by atomic mass is 19.1. The topological polar surface area (TPSA) is 55.4 Å². The van der Waals surface area contributed by atoms with Crippen molar-refractivity contribution < 1.29 is 18.7 Å². The molecule has 1 aliphatic carbocycles. The van der Waals surface area contributed by atoms with Crippen LogP contribution >= 0.6 is 0 Å². The number of carbonyl (C=O) groups is 2. The highest BCUT2D eigenvalue weighted by molar-refractivity contribution is 6.02. The summed E-state index contributed by atoms with van der Waals surface area (Å²) in [5.74, 6) is 0.0391. The summed E-state index contributed by atoms with van der Waals surface area (Å²) in [6.07, 6.45) is 1.18. The van der Waals surface area contributed by atoms with Crippen molar-refractivity contribution in [2.24, 2.45) is 0 Å². The second-order valence-electron chi connectivity index (χ2n) is 7.05. The van der Waals surface area contributed by atoms with Crippen molar-refractivity contribution in [2.75, 3.05) is 7.11 Å². The van der Waals surface area contributed by atoms with Crippen LogP contribution in [0.2, 0.25) is 0 Å². The number of halogens is 1. The van der Waals surface area contributed by atoms with Crippen LogP contribution in [-0.4, -0.2) is 18.8 Å². The number of ketones is 1. The minimum absolute atomic E-state index is 0.0402. The van der Waals surface area contributed by atoms with Gasteiger partial charge in [-0.15, -0.1) is 0 Å². The van der Waals surface area contributed by atoms with Gasteiger partial charge in [0.25, 0.3) is 0 Å². The van der Waals surface area contributed by atoms with Crippen molar-refractivity contribution in [3.05, 3.63) is 76.7 Å².